The Labute approximate surface area is 138 Å². The maximum atomic E-state index is 13.1. The minimum Gasteiger partial charge on any atom is -0.336 e. The standard InChI is InChI=1S/C16H18N6O2/c1-10-12-7-11(8-19-15(12)24-20-10)16(23)22-6-3-17-9-13(22)14-18-4-5-21(14)2/h4-5,7-8,13,17H,3,6,9H2,1-2H3. The van der Waals surface area contributed by atoms with Crippen molar-refractivity contribution in [2.45, 2.75) is 13.0 Å². The van der Waals surface area contributed by atoms with Crippen LogP contribution in [0.15, 0.2) is 29.2 Å². The van der Waals surface area contributed by atoms with Crippen LogP contribution in [0.1, 0.15) is 27.9 Å². The quantitative estimate of drug-likeness (QED) is 0.757. The molecule has 1 atom stereocenters. The highest BCUT2D eigenvalue weighted by Crippen LogP contribution is 2.24. The van der Waals surface area contributed by atoms with Gasteiger partial charge in [0.15, 0.2) is 0 Å². The largest absolute Gasteiger partial charge is 0.336 e. The summed E-state index contributed by atoms with van der Waals surface area (Å²) in [5.41, 5.74) is 1.72. The second-order valence-corrected chi connectivity index (χ2v) is 5.96. The van der Waals surface area contributed by atoms with Crippen LogP contribution in [0.2, 0.25) is 0 Å². The molecule has 1 N–H and O–H groups in total. The third kappa shape index (κ3) is 2.35. The van der Waals surface area contributed by atoms with Crippen molar-refractivity contribution >= 4 is 17.0 Å². The van der Waals surface area contributed by atoms with Gasteiger partial charge in [-0.3, -0.25) is 4.79 Å². The first-order valence-electron chi connectivity index (χ1n) is 7.86. The molecule has 4 rings (SSSR count). The van der Waals surface area contributed by atoms with Gasteiger partial charge in [-0.15, -0.1) is 0 Å². The fourth-order valence-electron chi connectivity index (χ4n) is 3.10. The number of nitrogens with one attached hydrogen (secondary N) is 1. The van der Waals surface area contributed by atoms with Gasteiger partial charge in [0.2, 0.25) is 0 Å². The first-order valence-corrected chi connectivity index (χ1v) is 7.86. The van der Waals surface area contributed by atoms with Crippen LogP contribution in [-0.2, 0) is 7.05 Å². The number of nitrogens with zero attached hydrogens (tertiary/aromatic N) is 5. The molecule has 3 aromatic heterocycles. The number of hydrogen-bond donors (Lipinski definition) is 1. The van der Waals surface area contributed by atoms with Gasteiger partial charge in [0.05, 0.1) is 16.6 Å². The monoisotopic (exact) mass is 326 g/mol. The molecule has 1 aliphatic rings. The number of aromatic nitrogens is 4. The van der Waals surface area contributed by atoms with Crippen LogP contribution in [0.4, 0.5) is 0 Å². The van der Waals surface area contributed by atoms with Gasteiger partial charge in [-0.1, -0.05) is 5.16 Å². The van der Waals surface area contributed by atoms with Crippen LogP contribution in [0, 0.1) is 6.92 Å². The van der Waals surface area contributed by atoms with Crippen molar-refractivity contribution in [1.82, 2.24) is 29.9 Å². The number of rotatable bonds is 2. The van der Waals surface area contributed by atoms with Crippen LogP contribution in [0.3, 0.4) is 0 Å². The van der Waals surface area contributed by atoms with Gasteiger partial charge in [0.1, 0.15) is 11.9 Å². The lowest BCUT2D eigenvalue weighted by atomic mass is 10.1. The second-order valence-electron chi connectivity index (χ2n) is 5.96. The van der Waals surface area contributed by atoms with Gasteiger partial charge in [-0.2, -0.15) is 0 Å². The summed E-state index contributed by atoms with van der Waals surface area (Å²) >= 11 is 0. The van der Waals surface area contributed by atoms with E-state index in [-0.39, 0.29) is 11.9 Å². The summed E-state index contributed by atoms with van der Waals surface area (Å²) in [6.45, 7) is 3.90. The number of aryl methyl sites for hydroxylation is 2. The van der Waals surface area contributed by atoms with Crippen LogP contribution in [-0.4, -0.2) is 50.1 Å². The van der Waals surface area contributed by atoms with Crippen molar-refractivity contribution in [3.8, 4) is 0 Å². The van der Waals surface area contributed by atoms with Crippen molar-refractivity contribution in [3.05, 3.63) is 41.7 Å². The van der Waals surface area contributed by atoms with Crippen LogP contribution >= 0.6 is 0 Å². The third-order valence-corrected chi connectivity index (χ3v) is 4.42. The average molecular weight is 326 g/mol. The van der Waals surface area contributed by atoms with E-state index in [1.807, 2.05) is 29.6 Å². The van der Waals surface area contributed by atoms with Gasteiger partial charge >= 0.3 is 0 Å². The van der Waals surface area contributed by atoms with Gasteiger partial charge < -0.3 is 19.3 Å². The number of pyridine rings is 1. The first kappa shape index (κ1) is 14.8. The fourth-order valence-corrected chi connectivity index (χ4v) is 3.10. The van der Waals surface area contributed by atoms with Gasteiger partial charge in [0.25, 0.3) is 11.6 Å². The van der Waals surface area contributed by atoms with Crippen LogP contribution in [0.5, 0.6) is 0 Å². The lowest BCUT2D eigenvalue weighted by Crippen LogP contribution is -2.49. The number of imidazole rings is 1. The molecule has 1 fully saturated rings. The molecule has 0 aromatic carbocycles. The number of amides is 1. The summed E-state index contributed by atoms with van der Waals surface area (Å²) in [5, 5.41) is 7.99. The molecule has 1 unspecified atom stereocenters. The smallest absolute Gasteiger partial charge is 0.257 e. The Hall–Kier alpha value is -2.74. The van der Waals surface area contributed by atoms with Gasteiger partial charge in [-0.25, -0.2) is 9.97 Å². The molecular formula is C16H18N6O2. The molecule has 0 spiro atoms. The normalized spacial score (nSPS) is 18.2. The van der Waals surface area contributed by atoms with E-state index in [1.54, 1.807) is 18.5 Å². The number of carbonyl (C=O) groups is 1. The minimum absolute atomic E-state index is 0.0560. The number of carbonyl (C=O) groups excluding carboxylic acids is 1. The SMILES string of the molecule is Cc1noc2ncc(C(=O)N3CCNCC3c3nccn3C)cc12. The maximum absolute atomic E-state index is 13.1. The molecule has 0 bridgehead atoms. The van der Waals surface area contributed by atoms with Gasteiger partial charge in [-0.05, 0) is 13.0 Å². The Bertz CT molecular complexity index is 899. The van der Waals surface area contributed by atoms with Crippen molar-refractivity contribution in [1.29, 1.82) is 0 Å². The molecular weight excluding hydrogens is 308 g/mol. The molecule has 1 aliphatic heterocycles. The summed E-state index contributed by atoms with van der Waals surface area (Å²) in [4.78, 5) is 23.5. The van der Waals surface area contributed by atoms with Crippen molar-refractivity contribution in [3.63, 3.8) is 0 Å². The molecule has 8 nitrogen and oxygen atoms in total. The highest BCUT2D eigenvalue weighted by molar-refractivity contribution is 5.97. The predicted molar refractivity (Wildman–Crippen MR) is 86.4 cm³/mol. The van der Waals surface area contributed by atoms with Crippen LogP contribution in [0.25, 0.3) is 11.1 Å². The third-order valence-electron chi connectivity index (χ3n) is 4.42. The highest BCUT2D eigenvalue weighted by Gasteiger charge is 2.31. The molecule has 3 aromatic rings. The molecule has 1 saturated heterocycles. The Morgan fingerprint density at radius 2 is 2.29 bits per heavy atom. The van der Waals surface area contributed by atoms with E-state index >= 15 is 0 Å². The fraction of sp³-hybridized carbons (Fsp3) is 0.375. The molecule has 0 saturated carbocycles. The van der Waals surface area contributed by atoms with E-state index in [9.17, 15) is 4.79 Å². The Kier molecular flexibility index (Phi) is 3.53. The zero-order chi connectivity index (χ0) is 16.7. The minimum atomic E-state index is -0.106. The lowest BCUT2D eigenvalue weighted by molar-refractivity contribution is 0.0620. The highest BCUT2D eigenvalue weighted by atomic mass is 16.5. The molecule has 24 heavy (non-hydrogen) atoms. The number of piperazine rings is 1. The molecule has 8 heteroatoms. The summed E-state index contributed by atoms with van der Waals surface area (Å²) in [6.07, 6.45) is 5.19. The Morgan fingerprint density at radius 3 is 3.08 bits per heavy atom. The number of fused-ring (bicyclic) bond motifs is 1. The average Bonchev–Trinajstić information content (AvgIpc) is 3.20. The van der Waals surface area contributed by atoms with E-state index in [2.05, 4.69) is 20.4 Å². The summed E-state index contributed by atoms with van der Waals surface area (Å²) in [7, 11) is 1.94. The number of hydrogen-bond acceptors (Lipinski definition) is 6. The van der Waals surface area contributed by atoms with Crippen LogP contribution < -0.4 is 5.32 Å². The molecule has 0 aliphatic carbocycles. The maximum Gasteiger partial charge on any atom is 0.257 e. The van der Waals surface area contributed by atoms with E-state index in [1.165, 1.54) is 0 Å². The topological polar surface area (TPSA) is 89.1 Å². The second kappa shape index (κ2) is 5.72. The Morgan fingerprint density at radius 1 is 1.42 bits per heavy atom. The molecule has 0 radical (unpaired) electrons. The Balaban J connectivity index is 1.70. The summed E-state index contributed by atoms with van der Waals surface area (Å²) in [6, 6.07) is 1.69. The zero-order valence-corrected chi connectivity index (χ0v) is 13.6. The molecule has 1 amide bonds. The molecule has 124 valence electrons. The lowest BCUT2D eigenvalue weighted by Gasteiger charge is -2.35. The molecule has 4 heterocycles. The van der Waals surface area contributed by atoms with Crippen molar-refractivity contribution in [2.75, 3.05) is 19.6 Å². The first-order chi connectivity index (χ1) is 11.6. The zero-order valence-electron chi connectivity index (χ0n) is 13.6. The predicted octanol–water partition coefficient (Wildman–Crippen LogP) is 1.05. The van der Waals surface area contributed by atoms with Gasteiger partial charge in [0, 0.05) is 45.3 Å². The van der Waals surface area contributed by atoms with E-state index in [4.69, 9.17) is 4.52 Å². The van der Waals surface area contributed by atoms with E-state index in [0.29, 0.717) is 24.4 Å². The summed E-state index contributed by atoms with van der Waals surface area (Å²) < 4.78 is 7.06. The van der Waals surface area contributed by atoms with E-state index in [0.717, 1.165) is 23.4 Å². The van der Waals surface area contributed by atoms with E-state index < -0.39 is 0 Å². The summed E-state index contributed by atoms with van der Waals surface area (Å²) in [5.74, 6) is 0.810. The van der Waals surface area contributed by atoms with Crippen molar-refractivity contribution < 1.29 is 9.32 Å². The van der Waals surface area contributed by atoms with Crippen molar-refractivity contribution in [2.24, 2.45) is 7.05 Å².